The number of ether oxygens (including phenoxy) is 2. The van der Waals surface area contributed by atoms with Crippen LogP contribution in [0.1, 0.15) is 38.2 Å². The minimum atomic E-state index is 0.381. The summed E-state index contributed by atoms with van der Waals surface area (Å²) in [5.74, 6) is 1.76. The van der Waals surface area contributed by atoms with E-state index in [9.17, 15) is 0 Å². The summed E-state index contributed by atoms with van der Waals surface area (Å²) < 4.78 is 10.5. The van der Waals surface area contributed by atoms with E-state index in [0.717, 1.165) is 37.8 Å². The Morgan fingerprint density at radius 1 is 1.17 bits per heavy atom. The normalized spacial score (nSPS) is 16.4. The van der Waals surface area contributed by atoms with Crippen LogP contribution in [0.25, 0.3) is 0 Å². The summed E-state index contributed by atoms with van der Waals surface area (Å²) in [5.41, 5.74) is 1.55. The van der Waals surface area contributed by atoms with Crippen LogP contribution in [0.5, 0.6) is 5.75 Å². The van der Waals surface area contributed by atoms with Gasteiger partial charge < -0.3 is 20.1 Å². The van der Waals surface area contributed by atoms with Crippen LogP contribution in [0.15, 0.2) is 29.3 Å². The first kappa shape index (κ1) is 18.6. The fraction of sp³-hybridized carbons (Fsp3) is 0.632. The van der Waals surface area contributed by atoms with Crippen molar-refractivity contribution >= 4 is 5.96 Å². The second-order valence-corrected chi connectivity index (χ2v) is 6.49. The number of rotatable bonds is 9. The van der Waals surface area contributed by atoms with E-state index in [4.69, 9.17) is 14.5 Å². The summed E-state index contributed by atoms with van der Waals surface area (Å²) in [5, 5.41) is 6.86. The van der Waals surface area contributed by atoms with Crippen molar-refractivity contribution in [3.63, 3.8) is 0 Å². The van der Waals surface area contributed by atoms with Crippen molar-refractivity contribution < 1.29 is 9.47 Å². The van der Waals surface area contributed by atoms with Gasteiger partial charge in [0.25, 0.3) is 0 Å². The van der Waals surface area contributed by atoms with E-state index in [1.54, 1.807) is 14.2 Å². The second kappa shape index (κ2) is 9.52. The quantitative estimate of drug-likeness (QED) is 0.539. The van der Waals surface area contributed by atoms with Gasteiger partial charge >= 0.3 is 0 Å². The number of nitrogens with one attached hydrogen (secondary N) is 2. The van der Waals surface area contributed by atoms with E-state index < -0.39 is 0 Å². The molecule has 0 unspecified atom stereocenters. The van der Waals surface area contributed by atoms with Gasteiger partial charge in [-0.3, -0.25) is 0 Å². The number of methoxy groups -OCH3 is 2. The van der Waals surface area contributed by atoms with Crippen molar-refractivity contribution in [1.29, 1.82) is 0 Å². The average Bonchev–Trinajstić information content (AvgIpc) is 2.58. The molecule has 0 radical (unpaired) electrons. The predicted molar refractivity (Wildman–Crippen MR) is 98.6 cm³/mol. The van der Waals surface area contributed by atoms with Crippen molar-refractivity contribution in [3.05, 3.63) is 29.8 Å². The van der Waals surface area contributed by atoms with E-state index >= 15 is 0 Å². The lowest BCUT2D eigenvalue weighted by Gasteiger charge is -2.42. The monoisotopic (exact) mass is 333 g/mol. The molecule has 0 amide bonds. The topological polar surface area (TPSA) is 54.9 Å². The summed E-state index contributed by atoms with van der Waals surface area (Å²) in [6.07, 6.45) is 5.00. The minimum Gasteiger partial charge on any atom is -0.497 e. The minimum absolute atomic E-state index is 0.381. The molecule has 1 aromatic carbocycles. The Morgan fingerprint density at radius 2 is 1.92 bits per heavy atom. The van der Waals surface area contributed by atoms with Gasteiger partial charge in [-0.05, 0) is 49.3 Å². The fourth-order valence-electron chi connectivity index (χ4n) is 3.02. The lowest BCUT2D eigenvalue weighted by Crippen LogP contribution is -2.46. The first-order valence-corrected chi connectivity index (χ1v) is 8.85. The summed E-state index contributed by atoms with van der Waals surface area (Å²) in [7, 11) is 3.46. The van der Waals surface area contributed by atoms with Gasteiger partial charge in [-0.1, -0.05) is 18.6 Å². The van der Waals surface area contributed by atoms with Gasteiger partial charge in [0.2, 0.25) is 0 Å². The van der Waals surface area contributed by atoms with Gasteiger partial charge in [-0.2, -0.15) is 0 Å². The zero-order valence-electron chi connectivity index (χ0n) is 15.2. The number of hydrogen-bond acceptors (Lipinski definition) is 3. The molecule has 1 saturated carbocycles. The molecule has 5 heteroatoms. The summed E-state index contributed by atoms with van der Waals surface area (Å²) in [4.78, 5) is 4.70. The molecule has 24 heavy (non-hydrogen) atoms. The molecule has 0 heterocycles. The molecular formula is C19H31N3O2. The Bertz CT molecular complexity index is 510. The average molecular weight is 333 g/mol. The van der Waals surface area contributed by atoms with Gasteiger partial charge in [0.05, 0.1) is 13.7 Å². The lowest BCUT2D eigenvalue weighted by molar-refractivity contribution is 0.0732. The molecular weight excluding hydrogens is 302 g/mol. The van der Waals surface area contributed by atoms with Crippen LogP contribution in [0.3, 0.4) is 0 Å². The third-order valence-corrected chi connectivity index (χ3v) is 4.80. The van der Waals surface area contributed by atoms with Crippen molar-refractivity contribution in [1.82, 2.24) is 10.6 Å². The van der Waals surface area contributed by atoms with E-state index in [-0.39, 0.29) is 0 Å². The van der Waals surface area contributed by atoms with Gasteiger partial charge in [0.1, 0.15) is 5.75 Å². The van der Waals surface area contributed by atoms with Crippen molar-refractivity contribution in [2.75, 3.05) is 33.9 Å². The van der Waals surface area contributed by atoms with Gasteiger partial charge in [-0.25, -0.2) is 4.99 Å². The van der Waals surface area contributed by atoms with Crippen LogP contribution in [-0.2, 0) is 11.3 Å². The Labute approximate surface area is 145 Å². The van der Waals surface area contributed by atoms with Crippen LogP contribution in [-0.4, -0.2) is 39.9 Å². The van der Waals surface area contributed by atoms with Crippen LogP contribution in [0.4, 0.5) is 0 Å². The standard InChI is InChI=1S/C19H31N3O2/c1-4-20-18(21-14-16-6-8-17(24-3)9-7-16)22-15-19(10-5-11-19)12-13-23-2/h6-9H,4-5,10-15H2,1-3H3,(H2,20,21,22). The van der Waals surface area contributed by atoms with Crippen LogP contribution in [0, 0.1) is 5.41 Å². The molecule has 5 nitrogen and oxygen atoms in total. The van der Waals surface area contributed by atoms with Gasteiger partial charge in [-0.15, -0.1) is 0 Å². The maximum Gasteiger partial charge on any atom is 0.191 e. The predicted octanol–water partition coefficient (Wildman–Crippen LogP) is 2.96. The van der Waals surface area contributed by atoms with Crippen molar-refractivity contribution in [2.24, 2.45) is 10.4 Å². The largest absolute Gasteiger partial charge is 0.497 e. The Morgan fingerprint density at radius 3 is 2.46 bits per heavy atom. The molecule has 0 aliphatic heterocycles. The number of nitrogens with zero attached hydrogens (tertiary/aromatic N) is 1. The highest BCUT2D eigenvalue weighted by molar-refractivity contribution is 5.79. The number of benzene rings is 1. The molecule has 134 valence electrons. The summed E-state index contributed by atoms with van der Waals surface area (Å²) in [6.45, 7) is 5.41. The molecule has 0 spiro atoms. The van der Waals surface area contributed by atoms with Crippen molar-refractivity contribution in [2.45, 2.75) is 39.2 Å². The smallest absolute Gasteiger partial charge is 0.191 e. The Kier molecular flexibility index (Phi) is 7.37. The third kappa shape index (κ3) is 5.41. The highest BCUT2D eigenvalue weighted by Crippen LogP contribution is 2.43. The molecule has 2 N–H and O–H groups in total. The Hall–Kier alpha value is -1.75. The molecule has 0 bridgehead atoms. The third-order valence-electron chi connectivity index (χ3n) is 4.80. The molecule has 0 atom stereocenters. The van der Waals surface area contributed by atoms with E-state index in [0.29, 0.717) is 12.0 Å². The maximum absolute atomic E-state index is 5.27. The first-order chi connectivity index (χ1) is 11.7. The fourth-order valence-corrected chi connectivity index (χ4v) is 3.02. The molecule has 1 aliphatic carbocycles. The first-order valence-electron chi connectivity index (χ1n) is 8.85. The highest BCUT2D eigenvalue weighted by atomic mass is 16.5. The number of guanidine groups is 1. The zero-order chi connectivity index (χ0) is 17.3. The van der Waals surface area contributed by atoms with Gasteiger partial charge in [0, 0.05) is 26.8 Å². The molecule has 0 saturated heterocycles. The molecule has 1 aliphatic rings. The second-order valence-electron chi connectivity index (χ2n) is 6.49. The highest BCUT2D eigenvalue weighted by Gasteiger charge is 2.36. The summed E-state index contributed by atoms with van der Waals surface area (Å²) in [6, 6.07) is 8.05. The van der Waals surface area contributed by atoms with Crippen molar-refractivity contribution in [3.8, 4) is 5.75 Å². The molecule has 0 aromatic heterocycles. The maximum atomic E-state index is 5.27. The van der Waals surface area contributed by atoms with E-state index in [2.05, 4.69) is 29.7 Å². The van der Waals surface area contributed by atoms with Gasteiger partial charge in [0.15, 0.2) is 5.96 Å². The molecule has 2 rings (SSSR count). The van der Waals surface area contributed by atoms with E-state index in [1.807, 2.05) is 12.1 Å². The zero-order valence-corrected chi connectivity index (χ0v) is 15.2. The lowest BCUT2D eigenvalue weighted by atomic mass is 9.67. The van der Waals surface area contributed by atoms with Crippen LogP contribution < -0.4 is 15.4 Å². The molecule has 1 aromatic rings. The number of aliphatic imine (C=N–C) groups is 1. The number of hydrogen-bond donors (Lipinski definition) is 2. The van der Waals surface area contributed by atoms with E-state index in [1.165, 1.54) is 24.8 Å². The SMILES string of the molecule is CCNC(=NCc1ccc(OC)cc1)NCC1(CCOC)CCC1. The van der Waals surface area contributed by atoms with Crippen LogP contribution >= 0.6 is 0 Å². The van der Waals surface area contributed by atoms with Crippen LogP contribution in [0.2, 0.25) is 0 Å². The Balaban J connectivity index is 1.89. The molecule has 1 fully saturated rings. The summed E-state index contributed by atoms with van der Waals surface area (Å²) >= 11 is 0.